The molecule has 0 fully saturated rings. The van der Waals surface area contributed by atoms with E-state index in [0.29, 0.717) is 33.8 Å². The number of carbonyl (C=O) groups excluding carboxylic acids is 1. The Morgan fingerprint density at radius 2 is 2.07 bits per heavy atom. The van der Waals surface area contributed by atoms with E-state index in [-0.39, 0.29) is 11.7 Å². The summed E-state index contributed by atoms with van der Waals surface area (Å²) in [5.74, 6) is 1.16. The van der Waals surface area contributed by atoms with Crippen molar-refractivity contribution in [1.82, 2.24) is 14.8 Å². The number of nitrogens with zero attached hydrogens (tertiary/aromatic N) is 3. The lowest BCUT2D eigenvalue weighted by Gasteiger charge is -2.05. The molecule has 4 rings (SSSR count). The van der Waals surface area contributed by atoms with Crippen molar-refractivity contribution in [2.75, 3.05) is 18.2 Å². The number of anilines is 1. The van der Waals surface area contributed by atoms with Crippen LogP contribution >= 0.6 is 11.8 Å². The van der Waals surface area contributed by atoms with Crippen LogP contribution in [0.4, 0.5) is 10.1 Å². The van der Waals surface area contributed by atoms with E-state index in [4.69, 9.17) is 9.15 Å². The third-order valence-corrected chi connectivity index (χ3v) is 5.24. The summed E-state index contributed by atoms with van der Waals surface area (Å²) >= 11 is 1.23. The van der Waals surface area contributed by atoms with Crippen LogP contribution in [0.1, 0.15) is 0 Å². The topological polar surface area (TPSA) is 82.2 Å². The van der Waals surface area contributed by atoms with Gasteiger partial charge in [0.2, 0.25) is 5.91 Å². The Balaban J connectivity index is 1.48. The van der Waals surface area contributed by atoms with Crippen LogP contribution in [0.3, 0.4) is 0 Å². The van der Waals surface area contributed by atoms with Crippen LogP contribution in [0.15, 0.2) is 58.1 Å². The molecule has 0 saturated carbocycles. The molecule has 2 aromatic heterocycles. The average molecular weight is 412 g/mol. The van der Waals surface area contributed by atoms with Gasteiger partial charge in [0, 0.05) is 18.1 Å². The highest BCUT2D eigenvalue weighted by Gasteiger charge is 2.17. The molecular weight excluding hydrogens is 395 g/mol. The first kappa shape index (κ1) is 19.0. The first-order valence-electron chi connectivity index (χ1n) is 8.69. The van der Waals surface area contributed by atoms with E-state index in [1.54, 1.807) is 24.8 Å². The fourth-order valence-corrected chi connectivity index (χ4v) is 3.57. The van der Waals surface area contributed by atoms with Crippen LogP contribution < -0.4 is 10.1 Å². The van der Waals surface area contributed by atoms with E-state index in [1.165, 1.54) is 30.0 Å². The normalized spacial score (nSPS) is 11.0. The van der Waals surface area contributed by atoms with Crippen molar-refractivity contribution >= 4 is 34.3 Å². The number of thioether (sulfide) groups is 1. The minimum Gasteiger partial charge on any atom is -0.493 e. The van der Waals surface area contributed by atoms with Crippen LogP contribution in [-0.4, -0.2) is 33.5 Å². The van der Waals surface area contributed by atoms with Gasteiger partial charge >= 0.3 is 0 Å². The third kappa shape index (κ3) is 3.95. The maximum Gasteiger partial charge on any atom is 0.234 e. The van der Waals surface area contributed by atoms with Crippen molar-refractivity contribution in [3.63, 3.8) is 0 Å². The third-order valence-electron chi connectivity index (χ3n) is 4.22. The van der Waals surface area contributed by atoms with Crippen molar-refractivity contribution in [1.29, 1.82) is 0 Å². The lowest BCUT2D eigenvalue weighted by molar-refractivity contribution is -0.113. The molecule has 0 bridgehead atoms. The Bertz CT molecular complexity index is 1190. The van der Waals surface area contributed by atoms with Gasteiger partial charge in [0.1, 0.15) is 5.82 Å². The number of rotatable bonds is 6. The molecule has 0 aliphatic rings. The molecule has 1 amide bonds. The van der Waals surface area contributed by atoms with Crippen LogP contribution in [0.25, 0.3) is 22.6 Å². The molecule has 0 unspecified atom stereocenters. The summed E-state index contributed by atoms with van der Waals surface area (Å²) in [7, 11) is 3.38. The highest BCUT2D eigenvalue weighted by Crippen LogP contribution is 2.33. The van der Waals surface area contributed by atoms with Crippen molar-refractivity contribution in [3.8, 4) is 17.3 Å². The van der Waals surface area contributed by atoms with E-state index in [2.05, 4.69) is 15.5 Å². The number of methoxy groups -OCH3 is 1. The fourth-order valence-electron chi connectivity index (χ4n) is 2.86. The first-order chi connectivity index (χ1) is 14.0. The Labute approximate surface area is 169 Å². The molecule has 2 aromatic carbocycles. The zero-order valence-corrected chi connectivity index (χ0v) is 16.5. The summed E-state index contributed by atoms with van der Waals surface area (Å²) in [4.78, 5) is 12.1. The second kappa shape index (κ2) is 7.96. The Kier molecular flexibility index (Phi) is 5.22. The number of benzene rings is 2. The number of carbonyl (C=O) groups is 1. The van der Waals surface area contributed by atoms with Crippen LogP contribution in [0, 0.1) is 5.82 Å². The molecule has 2 heterocycles. The fraction of sp³-hybridized carbons (Fsp3) is 0.150. The second-order valence-electron chi connectivity index (χ2n) is 6.20. The zero-order valence-electron chi connectivity index (χ0n) is 15.7. The second-order valence-corrected chi connectivity index (χ2v) is 7.14. The van der Waals surface area contributed by atoms with E-state index in [1.807, 2.05) is 24.3 Å². The molecule has 148 valence electrons. The number of fused-ring (bicyclic) bond motifs is 1. The summed E-state index contributed by atoms with van der Waals surface area (Å²) in [5, 5.41) is 12.4. The lowest BCUT2D eigenvalue weighted by atomic mass is 10.2. The summed E-state index contributed by atoms with van der Waals surface area (Å²) in [6.45, 7) is 0. The monoisotopic (exact) mass is 412 g/mol. The first-order valence-corrected chi connectivity index (χ1v) is 9.68. The summed E-state index contributed by atoms with van der Waals surface area (Å²) in [6, 6.07) is 13.2. The van der Waals surface area contributed by atoms with Gasteiger partial charge in [-0.2, -0.15) is 0 Å². The molecule has 7 nitrogen and oxygen atoms in total. The standard InChI is InChI=1S/C20H17FN4O3S/c1-25-19(16-9-12-5-3-8-15(27-2)18(12)28-16)23-24-20(25)29-11-17(26)22-14-7-4-6-13(21)10-14/h3-10H,11H2,1-2H3,(H,22,26). The molecule has 9 heteroatoms. The molecule has 0 saturated heterocycles. The van der Waals surface area contributed by atoms with Crippen molar-refractivity contribution in [3.05, 3.63) is 54.3 Å². The smallest absolute Gasteiger partial charge is 0.234 e. The maximum atomic E-state index is 13.2. The van der Waals surface area contributed by atoms with Crippen LogP contribution in [0.5, 0.6) is 5.75 Å². The Morgan fingerprint density at radius 1 is 1.24 bits per heavy atom. The molecule has 29 heavy (non-hydrogen) atoms. The van der Waals surface area contributed by atoms with Crippen molar-refractivity contribution in [2.24, 2.45) is 7.05 Å². The largest absolute Gasteiger partial charge is 0.493 e. The highest BCUT2D eigenvalue weighted by atomic mass is 32.2. The minimum absolute atomic E-state index is 0.108. The summed E-state index contributed by atoms with van der Waals surface area (Å²) < 4.78 is 26.2. The van der Waals surface area contributed by atoms with Crippen molar-refractivity contribution in [2.45, 2.75) is 5.16 Å². The van der Waals surface area contributed by atoms with E-state index >= 15 is 0 Å². The number of aromatic nitrogens is 3. The minimum atomic E-state index is -0.407. The van der Waals surface area contributed by atoms with E-state index in [9.17, 15) is 9.18 Å². The van der Waals surface area contributed by atoms with Crippen molar-refractivity contribution < 1.29 is 18.3 Å². The molecule has 1 N–H and O–H groups in total. The van der Waals surface area contributed by atoms with Gasteiger partial charge in [-0.25, -0.2) is 4.39 Å². The number of amides is 1. The van der Waals surface area contributed by atoms with Gasteiger partial charge < -0.3 is 19.0 Å². The number of ether oxygens (including phenoxy) is 1. The number of nitrogens with one attached hydrogen (secondary N) is 1. The van der Waals surface area contributed by atoms with Crippen LogP contribution in [0.2, 0.25) is 0 Å². The van der Waals surface area contributed by atoms with Gasteiger partial charge in [-0.1, -0.05) is 30.0 Å². The molecule has 0 atom stereocenters. The number of furan rings is 1. The predicted molar refractivity (Wildman–Crippen MR) is 109 cm³/mol. The SMILES string of the molecule is COc1cccc2cc(-c3nnc(SCC(=O)Nc4cccc(F)c4)n3C)oc12. The molecular formula is C20H17FN4O3S. The molecule has 4 aromatic rings. The van der Waals surface area contributed by atoms with Crippen LogP contribution in [-0.2, 0) is 11.8 Å². The number of hydrogen-bond acceptors (Lipinski definition) is 6. The Hall–Kier alpha value is -3.33. The lowest BCUT2D eigenvalue weighted by Crippen LogP contribution is -2.14. The highest BCUT2D eigenvalue weighted by molar-refractivity contribution is 7.99. The van der Waals surface area contributed by atoms with Gasteiger partial charge in [0.05, 0.1) is 12.9 Å². The van der Waals surface area contributed by atoms with Gasteiger partial charge in [-0.05, 0) is 30.3 Å². The molecule has 0 aliphatic carbocycles. The van der Waals surface area contributed by atoms with Gasteiger partial charge in [0.25, 0.3) is 0 Å². The molecule has 0 spiro atoms. The van der Waals surface area contributed by atoms with E-state index < -0.39 is 5.82 Å². The quantitative estimate of drug-likeness (QED) is 0.480. The number of halogens is 1. The number of para-hydroxylation sites is 1. The maximum absolute atomic E-state index is 13.2. The van der Waals surface area contributed by atoms with Gasteiger partial charge in [0.15, 0.2) is 28.1 Å². The molecule has 0 aliphatic heterocycles. The zero-order chi connectivity index (χ0) is 20.4. The van der Waals surface area contributed by atoms with E-state index in [0.717, 1.165) is 5.39 Å². The van der Waals surface area contributed by atoms with Gasteiger partial charge in [-0.3, -0.25) is 4.79 Å². The van der Waals surface area contributed by atoms with Gasteiger partial charge in [-0.15, -0.1) is 10.2 Å². The summed E-state index contributed by atoms with van der Waals surface area (Å²) in [6.07, 6.45) is 0. The predicted octanol–water partition coefficient (Wildman–Crippen LogP) is 4.11. The molecule has 0 radical (unpaired) electrons. The Morgan fingerprint density at radius 3 is 2.86 bits per heavy atom. The number of hydrogen-bond donors (Lipinski definition) is 1. The summed E-state index contributed by atoms with van der Waals surface area (Å²) in [5.41, 5.74) is 1.04. The average Bonchev–Trinajstić information content (AvgIpc) is 3.29.